The van der Waals surface area contributed by atoms with E-state index in [2.05, 4.69) is 15.4 Å². The normalized spacial score (nSPS) is 11.3. The molecule has 0 aliphatic rings. The number of pyridine rings is 1. The highest BCUT2D eigenvalue weighted by Crippen LogP contribution is 2.28. The molecule has 0 bridgehead atoms. The van der Waals surface area contributed by atoms with Gasteiger partial charge in [0.2, 0.25) is 0 Å². The average Bonchev–Trinajstić information content (AvgIpc) is 3.06. The summed E-state index contributed by atoms with van der Waals surface area (Å²) in [6, 6.07) is 10.2. The van der Waals surface area contributed by atoms with Gasteiger partial charge >= 0.3 is 6.18 Å². The molecule has 0 aliphatic carbocycles. The molecule has 0 fully saturated rings. The number of hydrogen-bond acceptors (Lipinski definition) is 4. The van der Waals surface area contributed by atoms with Crippen LogP contribution >= 0.6 is 0 Å². The minimum Gasteiger partial charge on any atom is -0.384 e. The monoisotopic (exact) mass is 347 g/mol. The molecule has 1 amide bonds. The van der Waals surface area contributed by atoms with E-state index < -0.39 is 11.9 Å². The van der Waals surface area contributed by atoms with E-state index in [-0.39, 0.29) is 5.91 Å². The molecule has 25 heavy (non-hydrogen) atoms. The summed E-state index contributed by atoms with van der Waals surface area (Å²) in [6.07, 6.45) is -1.93. The van der Waals surface area contributed by atoms with Gasteiger partial charge in [-0.15, -0.1) is 0 Å². The van der Waals surface area contributed by atoms with Crippen LogP contribution in [0.2, 0.25) is 0 Å². The maximum Gasteiger partial charge on any atom is 0.435 e. The average molecular weight is 347 g/mol. The topological polar surface area (TPSA) is 85.8 Å². The van der Waals surface area contributed by atoms with Gasteiger partial charge in [-0.05, 0) is 42.5 Å². The fourth-order valence-electron chi connectivity index (χ4n) is 2.06. The van der Waals surface area contributed by atoms with Gasteiger partial charge in [-0.1, -0.05) is 0 Å². The standard InChI is InChI=1S/C16H12F3N5O/c17-16(18,19)13-7-8-24(23-13)12-4-2-11(3-5-12)22-15(25)10-1-6-14(20)21-9-10/h1-9H,(H2,20,21)(H,22,25). The van der Waals surface area contributed by atoms with Crippen LogP contribution in [-0.4, -0.2) is 20.7 Å². The molecule has 2 heterocycles. The number of benzene rings is 1. The number of nitrogen functional groups attached to an aromatic ring is 1. The van der Waals surface area contributed by atoms with Crippen LogP contribution < -0.4 is 11.1 Å². The summed E-state index contributed by atoms with van der Waals surface area (Å²) >= 11 is 0. The van der Waals surface area contributed by atoms with Crippen LogP contribution in [-0.2, 0) is 6.18 Å². The number of carbonyl (C=O) groups is 1. The van der Waals surface area contributed by atoms with Crippen LogP contribution in [0.25, 0.3) is 5.69 Å². The lowest BCUT2D eigenvalue weighted by molar-refractivity contribution is -0.141. The van der Waals surface area contributed by atoms with E-state index in [0.717, 1.165) is 10.7 Å². The smallest absolute Gasteiger partial charge is 0.384 e. The zero-order chi connectivity index (χ0) is 18.0. The summed E-state index contributed by atoms with van der Waals surface area (Å²) in [6.45, 7) is 0. The van der Waals surface area contributed by atoms with Crippen molar-refractivity contribution in [2.24, 2.45) is 0 Å². The Bertz CT molecular complexity index is 885. The molecule has 0 aliphatic heterocycles. The molecule has 0 radical (unpaired) electrons. The lowest BCUT2D eigenvalue weighted by atomic mass is 10.2. The van der Waals surface area contributed by atoms with Crippen molar-refractivity contribution in [3.8, 4) is 5.69 Å². The summed E-state index contributed by atoms with van der Waals surface area (Å²) in [5.41, 5.74) is 5.73. The summed E-state index contributed by atoms with van der Waals surface area (Å²) in [5, 5.41) is 6.14. The number of nitrogens with two attached hydrogens (primary N) is 1. The van der Waals surface area contributed by atoms with Crippen molar-refractivity contribution in [1.82, 2.24) is 14.8 Å². The van der Waals surface area contributed by atoms with E-state index in [1.165, 1.54) is 24.5 Å². The summed E-state index contributed by atoms with van der Waals surface area (Å²) in [7, 11) is 0. The van der Waals surface area contributed by atoms with Crippen LogP contribution in [0.5, 0.6) is 0 Å². The first-order valence-electron chi connectivity index (χ1n) is 7.09. The number of amides is 1. The fourth-order valence-corrected chi connectivity index (χ4v) is 2.06. The molecular weight excluding hydrogens is 335 g/mol. The van der Waals surface area contributed by atoms with E-state index in [0.29, 0.717) is 22.8 Å². The van der Waals surface area contributed by atoms with E-state index in [9.17, 15) is 18.0 Å². The third-order valence-electron chi connectivity index (χ3n) is 3.32. The largest absolute Gasteiger partial charge is 0.435 e. The number of alkyl halides is 3. The highest BCUT2D eigenvalue weighted by atomic mass is 19.4. The molecule has 3 aromatic rings. The maximum absolute atomic E-state index is 12.6. The molecule has 0 spiro atoms. The van der Waals surface area contributed by atoms with Crippen LogP contribution in [0.15, 0.2) is 54.9 Å². The van der Waals surface area contributed by atoms with Crippen LogP contribution in [0, 0.1) is 0 Å². The number of nitrogens with zero attached hydrogens (tertiary/aromatic N) is 3. The third-order valence-corrected chi connectivity index (χ3v) is 3.32. The van der Waals surface area contributed by atoms with Crippen molar-refractivity contribution in [3.63, 3.8) is 0 Å². The Hall–Kier alpha value is -3.36. The van der Waals surface area contributed by atoms with Gasteiger partial charge in [0.15, 0.2) is 5.69 Å². The summed E-state index contributed by atoms with van der Waals surface area (Å²) in [4.78, 5) is 15.9. The first-order chi connectivity index (χ1) is 11.8. The van der Waals surface area contributed by atoms with Gasteiger partial charge in [0.1, 0.15) is 5.82 Å². The van der Waals surface area contributed by atoms with E-state index in [4.69, 9.17) is 5.73 Å². The van der Waals surface area contributed by atoms with Gasteiger partial charge < -0.3 is 11.1 Å². The van der Waals surface area contributed by atoms with E-state index in [1.807, 2.05) is 0 Å². The number of anilines is 2. The molecule has 1 aromatic carbocycles. The van der Waals surface area contributed by atoms with Gasteiger partial charge in [-0.3, -0.25) is 4.79 Å². The minimum absolute atomic E-state index is 0.304. The summed E-state index contributed by atoms with van der Waals surface area (Å²) < 4.78 is 38.8. The predicted octanol–water partition coefficient (Wildman–Crippen LogP) is 3.12. The molecule has 3 rings (SSSR count). The van der Waals surface area contributed by atoms with Gasteiger partial charge in [-0.25, -0.2) is 9.67 Å². The molecule has 9 heteroatoms. The zero-order valence-corrected chi connectivity index (χ0v) is 12.7. The Kier molecular flexibility index (Phi) is 4.14. The molecule has 128 valence electrons. The van der Waals surface area contributed by atoms with Crippen molar-refractivity contribution < 1.29 is 18.0 Å². The van der Waals surface area contributed by atoms with Gasteiger partial charge in [0, 0.05) is 18.1 Å². The van der Waals surface area contributed by atoms with E-state index >= 15 is 0 Å². The van der Waals surface area contributed by atoms with Crippen molar-refractivity contribution in [1.29, 1.82) is 0 Å². The number of hydrogen-bond donors (Lipinski definition) is 2. The Morgan fingerprint density at radius 3 is 2.36 bits per heavy atom. The molecule has 0 saturated heterocycles. The second-order valence-corrected chi connectivity index (χ2v) is 5.12. The van der Waals surface area contributed by atoms with Crippen molar-refractivity contribution >= 4 is 17.4 Å². The first-order valence-corrected chi connectivity index (χ1v) is 7.09. The molecule has 3 N–H and O–H groups in total. The Labute approximate surface area is 140 Å². The van der Waals surface area contributed by atoms with Crippen molar-refractivity contribution in [2.45, 2.75) is 6.18 Å². The molecule has 0 unspecified atom stereocenters. The fraction of sp³-hybridized carbons (Fsp3) is 0.0625. The third kappa shape index (κ3) is 3.77. The van der Waals surface area contributed by atoms with Crippen LogP contribution in [0.3, 0.4) is 0 Å². The van der Waals surface area contributed by atoms with Crippen LogP contribution in [0.4, 0.5) is 24.7 Å². The minimum atomic E-state index is -4.49. The van der Waals surface area contributed by atoms with E-state index in [1.54, 1.807) is 24.3 Å². The summed E-state index contributed by atoms with van der Waals surface area (Å²) in [5.74, 6) is -0.0722. The Morgan fingerprint density at radius 1 is 1.08 bits per heavy atom. The molecule has 6 nitrogen and oxygen atoms in total. The van der Waals surface area contributed by atoms with Gasteiger partial charge in [0.25, 0.3) is 5.91 Å². The van der Waals surface area contributed by atoms with Gasteiger partial charge in [-0.2, -0.15) is 18.3 Å². The molecule has 0 atom stereocenters. The number of rotatable bonds is 3. The quantitative estimate of drug-likeness (QED) is 0.762. The lowest BCUT2D eigenvalue weighted by Gasteiger charge is -2.07. The zero-order valence-electron chi connectivity index (χ0n) is 12.7. The highest BCUT2D eigenvalue weighted by Gasteiger charge is 2.33. The van der Waals surface area contributed by atoms with Crippen molar-refractivity contribution in [2.75, 3.05) is 11.1 Å². The number of nitrogens with one attached hydrogen (secondary N) is 1. The van der Waals surface area contributed by atoms with Gasteiger partial charge in [0.05, 0.1) is 11.3 Å². The first kappa shape index (κ1) is 16.5. The molecular formula is C16H12F3N5O. The van der Waals surface area contributed by atoms with Crippen LogP contribution in [0.1, 0.15) is 16.1 Å². The second-order valence-electron chi connectivity index (χ2n) is 5.12. The molecule has 0 saturated carbocycles. The number of aromatic nitrogens is 3. The highest BCUT2D eigenvalue weighted by molar-refractivity contribution is 6.04. The lowest BCUT2D eigenvalue weighted by Crippen LogP contribution is -2.12. The molecule has 2 aromatic heterocycles. The SMILES string of the molecule is Nc1ccc(C(=O)Nc2ccc(-n3ccc(C(F)(F)F)n3)cc2)cn1. The van der Waals surface area contributed by atoms with Crippen molar-refractivity contribution in [3.05, 3.63) is 66.1 Å². The number of halogens is 3. The maximum atomic E-state index is 12.6. The Balaban J connectivity index is 1.73. The Morgan fingerprint density at radius 2 is 1.80 bits per heavy atom. The predicted molar refractivity (Wildman–Crippen MR) is 85.2 cm³/mol. The number of carbonyl (C=O) groups excluding carboxylic acids is 1. The second kappa shape index (κ2) is 6.27.